The SMILES string of the molecule is COc1ccc(C2OC(CO)C(O)C(O)C2O)cc1CN1Cc2cccc(F)c2C1. The zero-order valence-corrected chi connectivity index (χ0v) is 16.6. The Kier molecular flexibility index (Phi) is 6.06. The van der Waals surface area contributed by atoms with Gasteiger partial charge < -0.3 is 29.9 Å². The van der Waals surface area contributed by atoms with Crippen LogP contribution in [0.4, 0.5) is 4.39 Å². The van der Waals surface area contributed by atoms with Crippen molar-refractivity contribution < 1.29 is 34.3 Å². The number of hydrogen-bond donors (Lipinski definition) is 4. The molecule has 1 fully saturated rings. The third-order valence-corrected chi connectivity index (χ3v) is 5.91. The maximum absolute atomic E-state index is 14.1. The van der Waals surface area contributed by atoms with Gasteiger partial charge in [0, 0.05) is 30.8 Å². The molecule has 2 aromatic rings. The van der Waals surface area contributed by atoms with Gasteiger partial charge in [-0.1, -0.05) is 18.2 Å². The Morgan fingerprint density at radius 2 is 1.90 bits per heavy atom. The predicted octanol–water partition coefficient (Wildman–Crippen LogP) is 0.865. The molecule has 5 unspecified atom stereocenters. The van der Waals surface area contributed by atoms with Gasteiger partial charge in [0.15, 0.2) is 0 Å². The van der Waals surface area contributed by atoms with Crippen LogP contribution in [0.15, 0.2) is 36.4 Å². The van der Waals surface area contributed by atoms with E-state index in [0.29, 0.717) is 36.5 Å². The van der Waals surface area contributed by atoms with Gasteiger partial charge in [0.2, 0.25) is 0 Å². The van der Waals surface area contributed by atoms with Gasteiger partial charge in [0.25, 0.3) is 0 Å². The van der Waals surface area contributed by atoms with Crippen molar-refractivity contribution in [1.82, 2.24) is 4.90 Å². The molecular formula is C22H26FNO6. The fourth-order valence-electron chi connectivity index (χ4n) is 4.28. The number of fused-ring (bicyclic) bond motifs is 1. The minimum Gasteiger partial charge on any atom is -0.496 e. The average molecular weight is 419 g/mol. The highest BCUT2D eigenvalue weighted by molar-refractivity contribution is 5.40. The number of nitrogens with zero attached hydrogens (tertiary/aromatic N) is 1. The van der Waals surface area contributed by atoms with Crippen LogP contribution in [-0.4, -0.2) is 63.5 Å². The monoisotopic (exact) mass is 419 g/mol. The van der Waals surface area contributed by atoms with E-state index < -0.39 is 37.1 Å². The minimum atomic E-state index is -1.44. The highest BCUT2D eigenvalue weighted by atomic mass is 19.1. The molecule has 4 N–H and O–H groups in total. The van der Waals surface area contributed by atoms with E-state index in [4.69, 9.17) is 9.47 Å². The highest BCUT2D eigenvalue weighted by Crippen LogP contribution is 2.35. The molecule has 0 aliphatic carbocycles. The van der Waals surface area contributed by atoms with Gasteiger partial charge in [-0.25, -0.2) is 4.39 Å². The van der Waals surface area contributed by atoms with E-state index in [0.717, 1.165) is 11.1 Å². The molecule has 0 bridgehead atoms. The molecule has 2 heterocycles. The Hall–Kier alpha value is -2.07. The lowest BCUT2D eigenvalue weighted by Gasteiger charge is -2.40. The molecule has 30 heavy (non-hydrogen) atoms. The van der Waals surface area contributed by atoms with Gasteiger partial charge in [-0.05, 0) is 29.3 Å². The molecule has 0 aromatic heterocycles. The van der Waals surface area contributed by atoms with E-state index in [1.54, 1.807) is 25.3 Å². The number of ether oxygens (including phenoxy) is 2. The summed E-state index contributed by atoms with van der Waals surface area (Å²) in [5.41, 5.74) is 3.06. The van der Waals surface area contributed by atoms with Crippen molar-refractivity contribution in [3.8, 4) is 5.75 Å². The maximum atomic E-state index is 14.1. The second-order valence-electron chi connectivity index (χ2n) is 7.84. The molecule has 162 valence electrons. The largest absolute Gasteiger partial charge is 0.496 e. The number of benzene rings is 2. The molecule has 0 radical (unpaired) electrons. The molecular weight excluding hydrogens is 393 g/mol. The Bertz CT molecular complexity index is 907. The van der Waals surface area contributed by atoms with Crippen LogP contribution >= 0.6 is 0 Å². The van der Waals surface area contributed by atoms with Crippen LogP contribution in [0.2, 0.25) is 0 Å². The van der Waals surface area contributed by atoms with Crippen molar-refractivity contribution in [2.45, 2.75) is 50.2 Å². The first-order valence-electron chi connectivity index (χ1n) is 9.89. The van der Waals surface area contributed by atoms with Crippen molar-refractivity contribution in [3.63, 3.8) is 0 Å². The summed E-state index contributed by atoms with van der Waals surface area (Å²) in [6, 6.07) is 10.4. The number of methoxy groups -OCH3 is 1. The molecule has 2 aliphatic rings. The first kappa shape index (κ1) is 21.2. The summed E-state index contributed by atoms with van der Waals surface area (Å²) in [6.07, 6.45) is -6.10. The smallest absolute Gasteiger partial charge is 0.128 e. The van der Waals surface area contributed by atoms with Crippen molar-refractivity contribution in [1.29, 1.82) is 0 Å². The van der Waals surface area contributed by atoms with Crippen LogP contribution < -0.4 is 4.74 Å². The van der Waals surface area contributed by atoms with E-state index in [9.17, 15) is 24.8 Å². The Balaban J connectivity index is 1.58. The Morgan fingerprint density at radius 3 is 2.60 bits per heavy atom. The lowest BCUT2D eigenvalue weighted by atomic mass is 9.90. The van der Waals surface area contributed by atoms with Gasteiger partial charge in [-0.3, -0.25) is 4.90 Å². The van der Waals surface area contributed by atoms with Crippen LogP contribution in [0.5, 0.6) is 5.75 Å². The molecule has 0 amide bonds. The first-order chi connectivity index (χ1) is 14.4. The number of halogens is 1. The van der Waals surface area contributed by atoms with Crippen LogP contribution in [-0.2, 0) is 24.4 Å². The number of hydrogen-bond acceptors (Lipinski definition) is 7. The standard InChI is InChI=1S/C22H26FNO6/c1-29-17-6-5-12(22-21(28)20(27)19(26)18(11-25)30-22)7-14(17)9-24-8-13-3-2-4-16(23)15(13)10-24/h2-7,18-22,25-28H,8-11H2,1H3. The summed E-state index contributed by atoms with van der Waals surface area (Å²) >= 11 is 0. The quantitative estimate of drug-likeness (QED) is 0.570. The molecule has 7 nitrogen and oxygen atoms in total. The van der Waals surface area contributed by atoms with Crippen LogP contribution in [0.3, 0.4) is 0 Å². The third kappa shape index (κ3) is 3.82. The van der Waals surface area contributed by atoms with E-state index in [2.05, 4.69) is 4.90 Å². The van der Waals surface area contributed by atoms with Gasteiger partial charge >= 0.3 is 0 Å². The van der Waals surface area contributed by atoms with Crippen LogP contribution in [0.1, 0.15) is 28.4 Å². The summed E-state index contributed by atoms with van der Waals surface area (Å²) in [5, 5.41) is 40.0. The van der Waals surface area contributed by atoms with Gasteiger partial charge in [-0.15, -0.1) is 0 Å². The highest BCUT2D eigenvalue weighted by Gasteiger charge is 2.44. The van der Waals surface area contributed by atoms with E-state index in [1.165, 1.54) is 6.07 Å². The first-order valence-corrected chi connectivity index (χ1v) is 9.89. The van der Waals surface area contributed by atoms with Gasteiger partial charge in [-0.2, -0.15) is 0 Å². The van der Waals surface area contributed by atoms with Crippen molar-refractivity contribution in [2.24, 2.45) is 0 Å². The van der Waals surface area contributed by atoms with Crippen molar-refractivity contribution >= 4 is 0 Å². The third-order valence-electron chi connectivity index (χ3n) is 5.91. The minimum absolute atomic E-state index is 0.211. The molecule has 0 spiro atoms. The summed E-state index contributed by atoms with van der Waals surface area (Å²) in [4.78, 5) is 2.09. The predicted molar refractivity (Wildman–Crippen MR) is 105 cm³/mol. The van der Waals surface area contributed by atoms with Gasteiger partial charge in [0.1, 0.15) is 42.1 Å². The molecule has 4 rings (SSSR count). The van der Waals surface area contributed by atoms with Crippen molar-refractivity contribution in [3.05, 3.63) is 64.5 Å². The number of rotatable bonds is 5. The molecule has 1 saturated heterocycles. The Morgan fingerprint density at radius 1 is 1.10 bits per heavy atom. The number of aliphatic hydroxyl groups excluding tert-OH is 4. The zero-order chi connectivity index (χ0) is 21.4. The van der Waals surface area contributed by atoms with E-state index >= 15 is 0 Å². The molecule has 2 aromatic carbocycles. The lowest BCUT2D eigenvalue weighted by molar-refractivity contribution is -0.231. The molecule has 0 saturated carbocycles. The summed E-state index contributed by atoms with van der Waals surface area (Å²) < 4.78 is 25.2. The lowest BCUT2D eigenvalue weighted by Crippen LogP contribution is -2.55. The summed E-state index contributed by atoms with van der Waals surface area (Å²) in [5.74, 6) is 0.428. The Labute approximate surface area is 173 Å². The molecule has 5 atom stereocenters. The summed E-state index contributed by atoms with van der Waals surface area (Å²) in [7, 11) is 1.56. The second-order valence-corrected chi connectivity index (χ2v) is 7.84. The zero-order valence-electron chi connectivity index (χ0n) is 16.6. The van der Waals surface area contributed by atoms with Crippen molar-refractivity contribution in [2.75, 3.05) is 13.7 Å². The average Bonchev–Trinajstić information content (AvgIpc) is 3.16. The van der Waals surface area contributed by atoms with E-state index in [-0.39, 0.29) is 5.82 Å². The van der Waals surface area contributed by atoms with Gasteiger partial charge in [0.05, 0.1) is 13.7 Å². The van der Waals surface area contributed by atoms with E-state index in [1.807, 2.05) is 12.1 Å². The second kappa shape index (κ2) is 8.58. The molecule has 2 aliphatic heterocycles. The number of aliphatic hydroxyl groups is 4. The normalized spacial score (nSPS) is 29.1. The van der Waals surface area contributed by atoms with Crippen LogP contribution in [0, 0.1) is 5.82 Å². The maximum Gasteiger partial charge on any atom is 0.128 e. The molecule has 8 heteroatoms. The fourth-order valence-corrected chi connectivity index (χ4v) is 4.28. The summed E-state index contributed by atoms with van der Waals surface area (Å²) in [6.45, 7) is 1.10. The fraction of sp³-hybridized carbons (Fsp3) is 0.455. The topological polar surface area (TPSA) is 103 Å². The van der Waals surface area contributed by atoms with Crippen LogP contribution in [0.25, 0.3) is 0 Å².